The normalized spacial score (nSPS) is 11.9. The molecule has 122 valence electrons. The van der Waals surface area contributed by atoms with E-state index in [9.17, 15) is 4.79 Å². The summed E-state index contributed by atoms with van der Waals surface area (Å²) < 4.78 is 6.66. The zero-order valence-corrected chi connectivity index (χ0v) is 14.9. The van der Waals surface area contributed by atoms with Crippen molar-refractivity contribution in [2.45, 2.75) is 13.0 Å². The maximum absolute atomic E-state index is 12.1. The Bertz CT molecular complexity index is 849. The number of benzene rings is 3. The topological polar surface area (TPSA) is 38.3 Å². The number of halogens is 1. The van der Waals surface area contributed by atoms with Gasteiger partial charge >= 0.3 is 0 Å². The van der Waals surface area contributed by atoms with Crippen LogP contribution in [0.4, 0.5) is 0 Å². The quantitative estimate of drug-likeness (QED) is 0.683. The Morgan fingerprint density at radius 2 is 1.75 bits per heavy atom. The predicted octanol–water partition coefficient (Wildman–Crippen LogP) is 4.86. The number of ether oxygens (including phenoxy) is 1. The Morgan fingerprint density at radius 3 is 2.54 bits per heavy atom. The first-order chi connectivity index (χ1) is 11.6. The van der Waals surface area contributed by atoms with Crippen LogP contribution in [-0.2, 0) is 4.79 Å². The van der Waals surface area contributed by atoms with Crippen LogP contribution in [0.25, 0.3) is 10.8 Å². The fourth-order valence-electron chi connectivity index (χ4n) is 2.54. The number of fused-ring (bicyclic) bond motifs is 1. The Labute approximate surface area is 149 Å². The average Bonchev–Trinajstić information content (AvgIpc) is 2.60. The molecular weight excluding hydrogens is 366 g/mol. The molecule has 0 saturated carbocycles. The molecule has 0 radical (unpaired) electrons. The van der Waals surface area contributed by atoms with Gasteiger partial charge in [0.2, 0.25) is 0 Å². The SMILES string of the molecule is C[C@@H](NC(=O)COc1ccc2cc(Br)ccc2c1)c1ccccc1. The minimum absolute atomic E-state index is 0.000785. The van der Waals surface area contributed by atoms with Crippen LogP contribution in [0.15, 0.2) is 71.2 Å². The summed E-state index contributed by atoms with van der Waals surface area (Å²) in [5, 5.41) is 5.14. The summed E-state index contributed by atoms with van der Waals surface area (Å²) in [5.74, 6) is 0.551. The number of amides is 1. The van der Waals surface area contributed by atoms with Gasteiger partial charge in [0, 0.05) is 4.47 Å². The molecule has 1 atom stereocenters. The highest BCUT2D eigenvalue weighted by Gasteiger charge is 2.10. The molecule has 3 aromatic carbocycles. The first-order valence-electron chi connectivity index (χ1n) is 7.78. The maximum Gasteiger partial charge on any atom is 0.258 e. The zero-order valence-electron chi connectivity index (χ0n) is 13.3. The molecule has 0 heterocycles. The lowest BCUT2D eigenvalue weighted by Gasteiger charge is -2.14. The van der Waals surface area contributed by atoms with Crippen molar-refractivity contribution in [1.29, 1.82) is 0 Å². The number of carbonyl (C=O) groups excluding carboxylic acids is 1. The molecule has 4 heteroatoms. The summed E-state index contributed by atoms with van der Waals surface area (Å²) >= 11 is 3.46. The molecule has 0 aliphatic carbocycles. The van der Waals surface area contributed by atoms with E-state index in [1.165, 1.54) is 0 Å². The highest BCUT2D eigenvalue weighted by molar-refractivity contribution is 9.10. The average molecular weight is 384 g/mol. The van der Waals surface area contributed by atoms with Crippen molar-refractivity contribution in [3.63, 3.8) is 0 Å². The smallest absolute Gasteiger partial charge is 0.258 e. The summed E-state index contributed by atoms with van der Waals surface area (Å²) in [6, 6.07) is 21.7. The van der Waals surface area contributed by atoms with E-state index >= 15 is 0 Å². The monoisotopic (exact) mass is 383 g/mol. The van der Waals surface area contributed by atoms with E-state index in [4.69, 9.17) is 4.74 Å². The van der Waals surface area contributed by atoms with Gasteiger partial charge in [0.1, 0.15) is 5.75 Å². The lowest BCUT2D eigenvalue weighted by atomic mass is 10.1. The highest BCUT2D eigenvalue weighted by Crippen LogP contribution is 2.24. The summed E-state index contributed by atoms with van der Waals surface area (Å²) in [6.45, 7) is 1.96. The molecule has 0 saturated heterocycles. The lowest BCUT2D eigenvalue weighted by molar-refractivity contribution is -0.123. The van der Waals surface area contributed by atoms with Crippen molar-refractivity contribution in [3.05, 3.63) is 76.8 Å². The van der Waals surface area contributed by atoms with Gasteiger partial charge in [0.15, 0.2) is 6.61 Å². The van der Waals surface area contributed by atoms with Crippen LogP contribution in [0.3, 0.4) is 0 Å². The molecule has 0 spiro atoms. The third-order valence-electron chi connectivity index (χ3n) is 3.82. The van der Waals surface area contributed by atoms with Crippen LogP contribution >= 0.6 is 15.9 Å². The van der Waals surface area contributed by atoms with E-state index in [2.05, 4.69) is 21.2 Å². The molecule has 3 aromatic rings. The molecule has 0 aliphatic heterocycles. The van der Waals surface area contributed by atoms with Gasteiger partial charge in [0.25, 0.3) is 5.91 Å². The van der Waals surface area contributed by atoms with E-state index in [1.54, 1.807) is 0 Å². The highest BCUT2D eigenvalue weighted by atomic mass is 79.9. The number of hydrogen-bond acceptors (Lipinski definition) is 2. The van der Waals surface area contributed by atoms with Crippen LogP contribution in [-0.4, -0.2) is 12.5 Å². The van der Waals surface area contributed by atoms with E-state index in [-0.39, 0.29) is 18.6 Å². The molecule has 0 bridgehead atoms. The van der Waals surface area contributed by atoms with Crippen LogP contribution in [0.2, 0.25) is 0 Å². The first-order valence-corrected chi connectivity index (χ1v) is 8.57. The van der Waals surface area contributed by atoms with Gasteiger partial charge < -0.3 is 10.1 Å². The molecule has 1 N–H and O–H groups in total. The Balaban J connectivity index is 1.59. The molecule has 3 rings (SSSR count). The Morgan fingerprint density at radius 1 is 1.04 bits per heavy atom. The van der Waals surface area contributed by atoms with Crippen molar-refractivity contribution >= 4 is 32.6 Å². The van der Waals surface area contributed by atoms with Crippen LogP contribution < -0.4 is 10.1 Å². The van der Waals surface area contributed by atoms with Gasteiger partial charge in [-0.15, -0.1) is 0 Å². The summed E-state index contributed by atoms with van der Waals surface area (Å²) in [5.41, 5.74) is 1.07. The zero-order chi connectivity index (χ0) is 16.9. The van der Waals surface area contributed by atoms with E-state index < -0.39 is 0 Å². The molecule has 24 heavy (non-hydrogen) atoms. The maximum atomic E-state index is 12.1. The molecule has 0 aliphatic rings. The van der Waals surface area contributed by atoms with Crippen LogP contribution in [0, 0.1) is 0 Å². The minimum Gasteiger partial charge on any atom is -0.484 e. The van der Waals surface area contributed by atoms with Crippen molar-refractivity contribution in [2.75, 3.05) is 6.61 Å². The third kappa shape index (κ3) is 4.15. The second kappa shape index (κ2) is 7.49. The predicted molar refractivity (Wildman–Crippen MR) is 100 cm³/mol. The lowest BCUT2D eigenvalue weighted by Crippen LogP contribution is -2.31. The Hall–Kier alpha value is -2.33. The summed E-state index contributed by atoms with van der Waals surface area (Å²) in [4.78, 5) is 12.1. The molecule has 0 aromatic heterocycles. The van der Waals surface area contributed by atoms with E-state index in [0.29, 0.717) is 5.75 Å². The van der Waals surface area contributed by atoms with Crippen LogP contribution in [0.1, 0.15) is 18.5 Å². The van der Waals surface area contributed by atoms with Gasteiger partial charge in [-0.3, -0.25) is 4.79 Å². The molecule has 1 amide bonds. The van der Waals surface area contributed by atoms with Crippen molar-refractivity contribution in [1.82, 2.24) is 5.32 Å². The van der Waals surface area contributed by atoms with Crippen molar-refractivity contribution < 1.29 is 9.53 Å². The number of rotatable bonds is 5. The van der Waals surface area contributed by atoms with Crippen LogP contribution in [0.5, 0.6) is 5.75 Å². The number of carbonyl (C=O) groups is 1. The van der Waals surface area contributed by atoms with Gasteiger partial charge in [0.05, 0.1) is 6.04 Å². The standard InChI is InChI=1S/C20H18BrNO2/c1-14(15-5-3-2-4-6-15)22-20(23)13-24-19-10-8-16-11-18(21)9-7-17(16)12-19/h2-12,14H,13H2,1H3,(H,22,23)/t14-/m1/s1. The van der Waals surface area contributed by atoms with Crippen molar-refractivity contribution in [2.24, 2.45) is 0 Å². The molecule has 3 nitrogen and oxygen atoms in total. The summed E-state index contributed by atoms with van der Waals surface area (Å²) in [6.07, 6.45) is 0. The minimum atomic E-state index is -0.137. The van der Waals surface area contributed by atoms with E-state index in [0.717, 1.165) is 20.8 Å². The van der Waals surface area contributed by atoms with Gasteiger partial charge in [-0.05, 0) is 47.5 Å². The fraction of sp³-hybridized carbons (Fsp3) is 0.150. The second-order valence-corrected chi connectivity index (χ2v) is 6.56. The number of nitrogens with one attached hydrogen (secondary N) is 1. The van der Waals surface area contributed by atoms with Crippen molar-refractivity contribution in [3.8, 4) is 5.75 Å². The largest absolute Gasteiger partial charge is 0.484 e. The first kappa shape index (κ1) is 16.5. The van der Waals surface area contributed by atoms with E-state index in [1.807, 2.05) is 73.7 Å². The second-order valence-electron chi connectivity index (χ2n) is 5.64. The third-order valence-corrected chi connectivity index (χ3v) is 4.31. The number of hydrogen-bond donors (Lipinski definition) is 1. The fourth-order valence-corrected chi connectivity index (χ4v) is 2.92. The molecule has 0 fully saturated rings. The molecular formula is C20H18BrNO2. The summed E-state index contributed by atoms with van der Waals surface area (Å²) in [7, 11) is 0. The van der Waals surface area contributed by atoms with Gasteiger partial charge in [-0.1, -0.05) is 58.4 Å². The Kier molecular flexibility index (Phi) is 5.16. The van der Waals surface area contributed by atoms with Gasteiger partial charge in [-0.25, -0.2) is 0 Å². The van der Waals surface area contributed by atoms with Gasteiger partial charge in [-0.2, -0.15) is 0 Å². The molecule has 0 unspecified atom stereocenters.